The second kappa shape index (κ2) is 6.45. The zero-order chi connectivity index (χ0) is 16.4. The van der Waals surface area contributed by atoms with E-state index < -0.39 is 0 Å². The lowest BCUT2D eigenvalue weighted by Crippen LogP contribution is -2.50. The number of carbonyl (C=O) groups excluding carboxylic acids is 1. The normalized spacial score (nSPS) is 16.8. The van der Waals surface area contributed by atoms with E-state index in [1.807, 2.05) is 23.1 Å². The van der Waals surface area contributed by atoms with E-state index in [2.05, 4.69) is 20.2 Å². The summed E-state index contributed by atoms with van der Waals surface area (Å²) in [6, 6.07) is 5.88. The average molecular weight is 325 g/mol. The first-order valence-electron chi connectivity index (χ1n) is 8.06. The monoisotopic (exact) mass is 325 g/mol. The van der Waals surface area contributed by atoms with Crippen LogP contribution in [0.25, 0.3) is 0 Å². The standard InChI is InChI=1S/C17H19N5O2/c23-17(20-15-2-1-13-11-24-12-14(13)9-15)22-7-5-21(6-8-22)16-10-18-3-4-19-16/h1-4,9-10H,5-8,11-12H2,(H,20,23). The van der Waals surface area contributed by atoms with Gasteiger partial charge in [-0.1, -0.05) is 6.07 Å². The van der Waals surface area contributed by atoms with Crippen LogP contribution in [0.5, 0.6) is 0 Å². The number of urea groups is 1. The molecule has 4 rings (SSSR count). The molecule has 0 unspecified atom stereocenters. The van der Waals surface area contributed by atoms with Gasteiger partial charge in [-0.25, -0.2) is 9.78 Å². The van der Waals surface area contributed by atoms with E-state index in [-0.39, 0.29) is 6.03 Å². The summed E-state index contributed by atoms with van der Waals surface area (Å²) in [5.74, 6) is 0.858. The molecule has 2 aliphatic rings. The second-order valence-corrected chi connectivity index (χ2v) is 5.94. The lowest BCUT2D eigenvalue weighted by molar-refractivity contribution is 0.134. The SMILES string of the molecule is O=C(Nc1ccc2c(c1)COC2)N1CCN(c2cnccn2)CC1. The molecule has 3 heterocycles. The Balaban J connectivity index is 1.35. The number of carbonyl (C=O) groups is 1. The molecule has 124 valence electrons. The van der Waals surface area contributed by atoms with Gasteiger partial charge < -0.3 is 19.9 Å². The first-order valence-corrected chi connectivity index (χ1v) is 8.06. The van der Waals surface area contributed by atoms with Crippen LogP contribution in [0.2, 0.25) is 0 Å². The topological polar surface area (TPSA) is 70.6 Å². The Kier molecular flexibility index (Phi) is 4.00. The van der Waals surface area contributed by atoms with Crippen molar-refractivity contribution >= 4 is 17.5 Å². The van der Waals surface area contributed by atoms with Crippen molar-refractivity contribution in [3.05, 3.63) is 47.9 Å². The molecule has 1 N–H and O–H groups in total. The second-order valence-electron chi connectivity index (χ2n) is 5.94. The molecule has 0 radical (unpaired) electrons. The van der Waals surface area contributed by atoms with Gasteiger partial charge >= 0.3 is 6.03 Å². The summed E-state index contributed by atoms with van der Waals surface area (Å²) < 4.78 is 5.41. The molecular formula is C17H19N5O2. The third-order valence-corrected chi connectivity index (χ3v) is 4.41. The number of amides is 2. The highest BCUT2D eigenvalue weighted by molar-refractivity contribution is 5.89. The Morgan fingerprint density at radius 2 is 1.92 bits per heavy atom. The average Bonchev–Trinajstić information content (AvgIpc) is 3.10. The Bertz CT molecular complexity index is 729. The van der Waals surface area contributed by atoms with Crippen LogP contribution in [0.15, 0.2) is 36.8 Å². The molecule has 0 atom stereocenters. The smallest absolute Gasteiger partial charge is 0.321 e. The van der Waals surface area contributed by atoms with Crippen molar-refractivity contribution in [3.8, 4) is 0 Å². The number of hydrogen-bond donors (Lipinski definition) is 1. The Morgan fingerprint density at radius 1 is 1.08 bits per heavy atom. The molecule has 2 aromatic rings. The third-order valence-electron chi connectivity index (χ3n) is 4.41. The lowest BCUT2D eigenvalue weighted by Gasteiger charge is -2.35. The minimum atomic E-state index is -0.0624. The number of fused-ring (bicyclic) bond motifs is 1. The number of aromatic nitrogens is 2. The van der Waals surface area contributed by atoms with Gasteiger partial charge in [-0.2, -0.15) is 0 Å². The van der Waals surface area contributed by atoms with Crippen LogP contribution in [-0.2, 0) is 18.0 Å². The fraction of sp³-hybridized carbons (Fsp3) is 0.353. The first kappa shape index (κ1) is 14.9. The number of ether oxygens (including phenoxy) is 1. The lowest BCUT2D eigenvalue weighted by atomic mass is 10.1. The van der Waals surface area contributed by atoms with Gasteiger partial charge in [0.05, 0.1) is 19.4 Å². The molecule has 1 fully saturated rings. The molecule has 7 nitrogen and oxygen atoms in total. The number of rotatable bonds is 2. The van der Waals surface area contributed by atoms with Gasteiger partial charge in [0.15, 0.2) is 0 Å². The van der Waals surface area contributed by atoms with E-state index in [1.54, 1.807) is 18.6 Å². The number of hydrogen-bond acceptors (Lipinski definition) is 5. The summed E-state index contributed by atoms with van der Waals surface area (Å²) in [7, 11) is 0. The van der Waals surface area contributed by atoms with E-state index in [1.165, 1.54) is 5.56 Å². The number of nitrogens with zero attached hydrogens (tertiary/aromatic N) is 4. The first-order chi connectivity index (χ1) is 11.8. The van der Waals surface area contributed by atoms with Crippen LogP contribution < -0.4 is 10.2 Å². The van der Waals surface area contributed by atoms with E-state index in [0.29, 0.717) is 26.3 Å². The highest BCUT2D eigenvalue weighted by Gasteiger charge is 2.22. The van der Waals surface area contributed by atoms with Crippen molar-refractivity contribution in [2.45, 2.75) is 13.2 Å². The molecule has 0 saturated carbocycles. The zero-order valence-electron chi connectivity index (χ0n) is 13.3. The maximum Gasteiger partial charge on any atom is 0.321 e. The minimum absolute atomic E-state index is 0.0624. The van der Waals surface area contributed by atoms with Crippen molar-refractivity contribution in [2.24, 2.45) is 0 Å². The summed E-state index contributed by atoms with van der Waals surface area (Å²) >= 11 is 0. The highest BCUT2D eigenvalue weighted by atomic mass is 16.5. The van der Waals surface area contributed by atoms with Crippen LogP contribution in [-0.4, -0.2) is 47.1 Å². The third kappa shape index (κ3) is 3.03. The van der Waals surface area contributed by atoms with Crippen LogP contribution >= 0.6 is 0 Å². The van der Waals surface area contributed by atoms with Crippen molar-refractivity contribution in [2.75, 3.05) is 36.4 Å². The summed E-state index contributed by atoms with van der Waals surface area (Å²) in [4.78, 5) is 24.8. The molecule has 2 aliphatic heterocycles. The molecule has 1 aromatic heterocycles. The van der Waals surface area contributed by atoms with E-state index in [4.69, 9.17) is 4.74 Å². The highest BCUT2D eigenvalue weighted by Crippen LogP contribution is 2.23. The van der Waals surface area contributed by atoms with Gasteiger partial charge in [0.1, 0.15) is 5.82 Å². The van der Waals surface area contributed by atoms with Gasteiger partial charge in [-0.05, 0) is 23.3 Å². The van der Waals surface area contributed by atoms with Crippen molar-refractivity contribution in [1.82, 2.24) is 14.9 Å². The molecular weight excluding hydrogens is 306 g/mol. The van der Waals surface area contributed by atoms with Crippen LogP contribution in [0.4, 0.5) is 16.3 Å². The van der Waals surface area contributed by atoms with Gasteiger partial charge in [-0.3, -0.25) is 4.98 Å². The maximum atomic E-state index is 12.4. The summed E-state index contributed by atoms with van der Waals surface area (Å²) in [6.07, 6.45) is 5.10. The largest absolute Gasteiger partial charge is 0.372 e. The number of nitrogens with one attached hydrogen (secondary N) is 1. The summed E-state index contributed by atoms with van der Waals surface area (Å²) in [5, 5.41) is 2.98. The summed E-state index contributed by atoms with van der Waals surface area (Å²) in [5.41, 5.74) is 3.17. The van der Waals surface area contributed by atoms with Crippen molar-refractivity contribution in [3.63, 3.8) is 0 Å². The van der Waals surface area contributed by atoms with Crippen LogP contribution in [0, 0.1) is 0 Å². The predicted octanol–water partition coefficient (Wildman–Crippen LogP) is 1.86. The molecule has 0 bridgehead atoms. The maximum absolute atomic E-state index is 12.4. The Hall–Kier alpha value is -2.67. The molecule has 0 aliphatic carbocycles. The number of anilines is 2. The van der Waals surface area contributed by atoms with E-state index in [9.17, 15) is 4.79 Å². The zero-order valence-corrected chi connectivity index (χ0v) is 13.3. The predicted molar refractivity (Wildman–Crippen MR) is 89.8 cm³/mol. The van der Waals surface area contributed by atoms with Gasteiger partial charge in [0.2, 0.25) is 0 Å². The number of piperazine rings is 1. The van der Waals surface area contributed by atoms with Gasteiger partial charge in [-0.15, -0.1) is 0 Å². The Labute approximate surface area is 140 Å². The molecule has 1 aromatic carbocycles. The molecule has 1 saturated heterocycles. The van der Waals surface area contributed by atoms with Crippen molar-refractivity contribution < 1.29 is 9.53 Å². The molecule has 7 heteroatoms. The van der Waals surface area contributed by atoms with Crippen LogP contribution in [0.1, 0.15) is 11.1 Å². The summed E-state index contributed by atoms with van der Waals surface area (Å²) in [6.45, 7) is 4.12. The van der Waals surface area contributed by atoms with Crippen molar-refractivity contribution in [1.29, 1.82) is 0 Å². The molecule has 24 heavy (non-hydrogen) atoms. The van der Waals surface area contributed by atoms with E-state index >= 15 is 0 Å². The molecule has 2 amide bonds. The number of benzene rings is 1. The quantitative estimate of drug-likeness (QED) is 0.912. The van der Waals surface area contributed by atoms with Crippen LogP contribution in [0.3, 0.4) is 0 Å². The fourth-order valence-electron chi connectivity index (χ4n) is 3.05. The molecule has 0 spiro atoms. The Morgan fingerprint density at radius 3 is 2.71 bits per heavy atom. The van der Waals surface area contributed by atoms with Gasteiger partial charge in [0, 0.05) is 44.3 Å². The fourth-order valence-corrected chi connectivity index (χ4v) is 3.05. The van der Waals surface area contributed by atoms with Gasteiger partial charge in [0.25, 0.3) is 0 Å². The van der Waals surface area contributed by atoms with E-state index in [0.717, 1.165) is 30.2 Å². The minimum Gasteiger partial charge on any atom is -0.372 e.